The third-order valence-electron chi connectivity index (χ3n) is 9.50. The Morgan fingerprint density at radius 1 is 1.32 bits per heavy atom. The summed E-state index contributed by atoms with van der Waals surface area (Å²) in [5, 5.41) is 40.5. The first-order valence-corrected chi connectivity index (χ1v) is 13.3. The highest BCUT2D eigenvalue weighted by Crippen LogP contribution is 2.61. The monoisotopic (exact) mass is 546 g/mol. The van der Waals surface area contributed by atoms with Crippen LogP contribution in [0.5, 0.6) is 0 Å². The van der Waals surface area contributed by atoms with E-state index in [0.29, 0.717) is 34.7 Å². The van der Waals surface area contributed by atoms with Crippen molar-refractivity contribution in [2.75, 3.05) is 12.1 Å². The number of aliphatic hydroxyl groups is 2. The van der Waals surface area contributed by atoms with Crippen LogP contribution in [-0.4, -0.2) is 58.8 Å². The van der Waals surface area contributed by atoms with Gasteiger partial charge in [0.25, 0.3) is 6.47 Å². The molecule has 2 aliphatic carbocycles. The van der Waals surface area contributed by atoms with Crippen LogP contribution in [-0.2, 0) is 24.8 Å². The van der Waals surface area contributed by atoms with Crippen molar-refractivity contribution >= 4 is 29.7 Å². The van der Waals surface area contributed by atoms with Crippen molar-refractivity contribution < 1.29 is 34.5 Å². The molecule has 4 aliphatic rings. The topological polar surface area (TPSA) is 129 Å². The fourth-order valence-electron chi connectivity index (χ4n) is 7.81. The van der Waals surface area contributed by atoms with E-state index < -0.39 is 53.3 Å². The molecule has 1 aromatic carbocycles. The Morgan fingerprint density at radius 3 is 2.66 bits per heavy atom. The summed E-state index contributed by atoms with van der Waals surface area (Å²) in [7, 11) is 1.63. The first-order valence-electron chi connectivity index (χ1n) is 12.9. The number of halogens is 1. The van der Waals surface area contributed by atoms with Crippen LogP contribution in [0.4, 0.5) is 5.69 Å². The highest BCUT2D eigenvalue weighted by Gasteiger charge is 2.71. The number of nitrogens with one attached hydrogen (secondary N) is 1. The molecule has 10 atom stereocenters. The molecule has 38 heavy (non-hydrogen) atoms. The van der Waals surface area contributed by atoms with Gasteiger partial charge >= 0.3 is 5.97 Å². The van der Waals surface area contributed by atoms with Gasteiger partial charge in [0.1, 0.15) is 17.7 Å². The van der Waals surface area contributed by atoms with Crippen LogP contribution in [0.15, 0.2) is 42.0 Å². The number of para-hydroxylation sites is 1. The van der Waals surface area contributed by atoms with Crippen LogP contribution in [0.3, 0.4) is 0 Å². The van der Waals surface area contributed by atoms with E-state index in [0.717, 1.165) is 12.0 Å². The Kier molecular flexibility index (Phi) is 6.68. The largest absolute Gasteiger partial charge is 0.480 e. The standard InChI is InChI=1S/C28H35ClN2O7/c1-13(2)16-10-9-15(4)27(35)18(16)11-14(3)24(37-12-32)21(27)20-22(25(33)34)30-26-28(20,36)17-7-6-8-19(29)23(17)31(5)38-26/h6-8,11-12,15-16,18,20-22,24,26,30,35-36H,1,9-10H2,2-5H3,(H,33,34)/t15-,16+,18+,20+,21?,22+,24+,26-,27-,28+/m1/s1. The maximum Gasteiger partial charge on any atom is 0.321 e. The molecule has 0 spiro atoms. The van der Waals surface area contributed by atoms with Crippen molar-refractivity contribution in [1.82, 2.24) is 5.32 Å². The number of rotatable bonds is 5. The van der Waals surface area contributed by atoms with Gasteiger partial charge in [-0.15, -0.1) is 0 Å². The molecular formula is C28H35ClN2O7. The molecule has 2 fully saturated rings. The Hall–Kier alpha value is -2.43. The number of benzene rings is 1. The number of ether oxygens (including phenoxy) is 1. The summed E-state index contributed by atoms with van der Waals surface area (Å²) in [6.07, 6.45) is 1.27. The molecular weight excluding hydrogens is 512 g/mol. The fraction of sp³-hybridized carbons (Fsp3) is 0.571. The average Bonchev–Trinajstić information content (AvgIpc) is 3.14. The maximum absolute atomic E-state index is 12.8. The SMILES string of the molecule is C=C(C)[C@@H]1CC[C@@H](C)[C@]2(O)C([C@H]3[C@@H](C(=O)O)N[C@@H]4ON(C)c5c(Cl)cccc5[C@@]43O)[C@@H](OC=O)C(C)=C[C@@H]12. The first-order chi connectivity index (χ1) is 17.9. The number of carbonyl (C=O) groups is 2. The molecule has 2 heterocycles. The summed E-state index contributed by atoms with van der Waals surface area (Å²) in [6.45, 7) is 10.2. The Balaban J connectivity index is 1.79. The van der Waals surface area contributed by atoms with Crippen LogP contribution in [0.25, 0.3) is 0 Å². The molecule has 0 bridgehead atoms. The second kappa shape index (κ2) is 9.34. The van der Waals surface area contributed by atoms with Gasteiger partial charge in [-0.2, -0.15) is 0 Å². The molecule has 0 aromatic heterocycles. The number of fused-ring (bicyclic) bond motifs is 4. The fourth-order valence-corrected chi connectivity index (χ4v) is 8.10. The summed E-state index contributed by atoms with van der Waals surface area (Å²) in [4.78, 5) is 30.6. The van der Waals surface area contributed by atoms with Gasteiger partial charge in [-0.05, 0) is 50.2 Å². The predicted molar refractivity (Wildman–Crippen MR) is 140 cm³/mol. The molecule has 5 rings (SSSR count). The van der Waals surface area contributed by atoms with E-state index >= 15 is 0 Å². The van der Waals surface area contributed by atoms with Gasteiger partial charge in [0.2, 0.25) is 0 Å². The summed E-state index contributed by atoms with van der Waals surface area (Å²) < 4.78 is 5.62. The zero-order chi connectivity index (χ0) is 27.7. The lowest BCUT2D eigenvalue weighted by Gasteiger charge is -2.59. The lowest BCUT2D eigenvalue weighted by Crippen LogP contribution is -2.67. The van der Waals surface area contributed by atoms with Crippen molar-refractivity contribution in [3.63, 3.8) is 0 Å². The normalized spacial score (nSPS) is 41.9. The number of hydrogen-bond donors (Lipinski definition) is 4. The van der Waals surface area contributed by atoms with E-state index in [4.69, 9.17) is 21.2 Å². The molecule has 2 aliphatic heterocycles. The average molecular weight is 547 g/mol. The van der Waals surface area contributed by atoms with E-state index in [-0.39, 0.29) is 11.8 Å². The van der Waals surface area contributed by atoms with Crippen LogP contribution in [0.2, 0.25) is 5.02 Å². The Bertz CT molecular complexity index is 1210. The predicted octanol–water partition coefficient (Wildman–Crippen LogP) is 2.99. The van der Waals surface area contributed by atoms with E-state index in [9.17, 15) is 24.9 Å². The van der Waals surface area contributed by atoms with Gasteiger partial charge in [-0.25, -0.2) is 0 Å². The van der Waals surface area contributed by atoms with Gasteiger partial charge in [-0.1, -0.05) is 48.9 Å². The molecule has 9 nitrogen and oxygen atoms in total. The smallest absolute Gasteiger partial charge is 0.321 e. The van der Waals surface area contributed by atoms with Crippen molar-refractivity contribution in [3.8, 4) is 0 Å². The molecule has 1 saturated heterocycles. The molecule has 206 valence electrons. The van der Waals surface area contributed by atoms with Gasteiger partial charge in [0.15, 0.2) is 6.23 Å². The van der Waals surface area contributed by atoms with Crippen LogP contribution < -0.4 is 10.4 Å². The zero-order valence-electron chi connectivity index (χ0n) is 21.9. The number of carboxylic acids is 1. The Labute approximate surface area is 227 Å². The van der Waals surface area contributed by atoms with Crippen molar-refractivity contribution in [1.29, 1.82) is 0 Å². The van der Waals surface area contributed by atoms with Crippen LogP contribution in [0.1, 0.15) is 39.2 Å². The molecule has 4 N–H and O–H groups in total. The minimum atomic E-state index is -1.93. The van der Waals surface area contributed by atoms with Gasteiger partial charge in [0.05, 0.1) is 16.3 Å². The molecule has 0 amide bonds. The number of anilines is 1. The molecule has 1 aromatic rings. The number of allylic oxidation sites excluding steroid dienone is 1. The second-order valence-electron chi connectivity index (χ2n) is 11.4. The highest BCUT2D eigenvalue weighted by atomic mass is 35.5. The second-order valence-corrected chi connectivity index (χ2v) is 11.8. The van der Waals surface area contributed by atoms with E-state index in [1.165, 1.54) is 5.06 Å². The summed E-state index contributed by atoms with van der Waals surface area (Å²) in [5.41, 5.74) is -1.08. The minimum Gasteiger partial charge on any atom is -0.480 e. The lowest BCUT2D eigenvalue weighted by molar-refractivity contribution is -0.221. The minimum absolute atomic E-state index is 0.0654. The number of hydroxylamine groups is 1. The first kappa shape index (κ1) is 27.1. The molecule has 1 unspecified atom stereocenters. The summed E-state index contributed by atoms with van der Waals surface area (Å²) in [5.74, 6) is -4.15. The maximum atomic E-state index is 12.8. The van der Waals surface area contributed by atoms with Crippen molar-refractivity contribution in [3.05, 3.63) is 52.6 Å². The quantitative estimate of drug-likeness (QED) is 0.325. The number of aliphatic carboxylic acids is 1. The summed E-state index contributed by atoms with van der Waals surface area (Å²) >= 11 is 6.53. The number of carboxylic acid groups (broad SMARTS) is 1. The highest BCUT2D eigenvalue weighted by molar-refractivity contribution is 6.33. The third-order valence-corrected chi connectivity index (χ3v) is 9.81. The van der Waals surface area contributed by atoms with Crippen LogP contribution in [0, 0.1) is 29.6 Å². The molecule has 1 saturated carbocycles. The van der Waals surface area contributed by atoms with Gasteiger partial charge in [-0.3, -0.25) is 24.8 Å². The van der Waals surface area contributed by atoms with Crippen LogP contribution >= 0.6 is 11.6 Å². The van der Waals surface area contributed by atoms with E-state index in [1.54, 1.807) is 25.2 Å². The van der Waals surface area contributed by atoms with E-state index in [2.05, 4.69) is 11.9 Å². The van der Waals surface area contributed by atoms with Gasteiger partial charge in [0, 0.05) is 30.4 Å². The lowest BCUT2D eigenvalue weighted by atomic mass is 9.49. The summed E-state index contributed by atoms with van der Waals surface area (Å²) in [6, 6.07) is 3.70. The van der Waals surface area contributed by atoms with Crippen molar-refractivity contribution in [2.45, 2.75) is 63.2 Å². The number of carbonyl (C=O) groups excluding carboxylic acids is 1. The van der Waals surface area contributed by atoms with E-state index in [1.807, 2.05) is 26.8 Å². The zero-order valence-corrected chi connectivity index (χ0v) is 22.7. The number of nitrogens with zero attached hydrogens (tertiary/aromatic N) is 1. The van der Waals surface area contributed by atoms with Crippen molar-refractivity contribution in [2.24, 2.45) is 29.6 Å². The molecule has 10 heteroatoms. The number of hydrogen-bond acceptors (Lipinski definition) is 8. The third kappa shape index (κ3) is 3.59. The molecule has 0 radical (unpaired) electrons. The van der Waals surface area contributed by atoms with Gasteiger partial charge < -0.3 is 20.1 Å². The Morgan fingerprint density at radius 2 is 2.03 bits per heavy atom.